The van der Waals surface area contributed by atoms with Crippen LogP contribution in [0.25, 0.3) is 0 Å². The van der Waals surface area contributed by atoms with Crippen LogP contribution in [0.15, 0.2) is 24.3 Å². The second kappa shape index (κ2) is 7.97. The molecular weight excluding hydrogens is 305 g/mol. The van der Waals surface area contributed by atoms with E-state index in [0.29, 0.717) is 5.92 Å². The third-order valence-electron chi connectivity index (χ3n) is 5.18. The molecule has 0 radical (unpaired) electrons. The molecule has 2 aliphatic heterocycles. The maximum Gasteiger partial charge on any atom is 0.317 e. The minimum Gasteiger partial charge on any atom is -0.335 e. The number of hydrogen-bond acceptors (Lipinski definition) is 2. The highest BCUT2D eigenvalue weighted by Gasteiger charge is 2.25. The quantitative estimate of drug-likeness (QED) is 0.922. The van der Waals surface area contributed by atoms with Gasteiger partial charge in [-0.05, 0) is 49.3 Å². The second-order valence-corrected chi connectivity index (χ2v) is 7.32. The maximum absolute atomic E-state index is 13.0. The number of nitrogens with one attached hydrogen (secondary N) is 1. The summed E-state index contributed by atoms with van der Waals surface area (Å²) in [6, 6.07) is 7.11. The molecule has 0 aliphatic carbocycles. The number of nitrogens with zero attached hydrogens (tertiary/aromatic N) is 2. The van der Waals surface area contributed by atoms with Crippen molar-refractivity contribution >= 4 is 6.03 Å². The molecule has 1 aromatic rings. The van der Waals surface area contributed by atoms with E-state index in [2.05, 4.69) is 17.1 Å². The van der Waals surface area contributed by atoms with E-state index in [4.69, 9.17) is 0 Å². The molecule has 24 heavy (non-hydrogen) atoms. The lowest BCUT2D eigenvalue weighted by atomic mass is 10.0. The Bertz CT molecular complexity index is 540. The molecule has 4 nitrogen and oxygen atoms in total. The Hall–Kier alpha value is -1.62. The molecular formula is C19H28FN3O. The standard InChI is InChI=1S/C19H28FN3O/c1-15-3-2-10-23(13-15)19(24)21-18-8-11-22(12-9-18)14-16-4-6-17(20)7-5-16/h4-7,15,18H,2-3,8-14H2,1H3,(H,21,24). The average Bonchev–Trinajstić information content (AvgIpc) is 2.59. The molecule has 2 saturated heterocycles. The third kappa shape index (κ3) is 4.69. The summed E-state index contributed by atoms with van der Waals surface area (Å²) in [5, 5.41) is 3.21. The summed E-state index contributed by atoms with van der Waals surface area (Å²) in [5.74, 6) is 0.425. The summed E-state index contributed by atoms with van der Waals surface area (Å²) in [5.41, 5.74) is 1.14. The third-order valence-corrected chi connectivity index (χ3v) is 5.18. The van der Waals surface area contributed by atoms with Gasteiger partial charge in [-0.25, -0.2) is 9.18 Å². The van der Waals surface area contributed by atoms with Crippen molar-refractivity contribution in [1.29, 1.82) is 0 Å². The summed E-state index contributed by atoms with van der Waals surface area (Å²) in [6.45, 7) is 6.78. The van der Waals surface area contributed by atoms with Gasteiger partial charge in [0.15, 0.2) is 0 Å². The molecule has 1 N–H and O–H groups in total. The molecule has 0 spiro atoms. The molecule has 0 aromatic heterocycles. The summed E-state index contributed by atoms with van der Waals surface area (Å²) >= 11 is 0. The Morgan fingerprint density at radius 1 is 1.17 bits per heavy atom. The van der Waals surface area contributed by atoms with E-state index in [0.717, 1.165) is 57.5 Å². The first-order valence-electron chi connectivity index (χ1n) is 9.12. The first-order chi connectivity index (χ1) is 11.6. The fraction of sp³-hybridized carbons (Fsp3) is 0.632. The van der Waals surface area contributed by atoms with Crippen LogP contribution in [0.5, 0.6) is 0 Å². The van der Waals surface area contributed by atoms with Gasteiger partial charge in [-0.1, -0.05) is 19.1 Å². The predicted molar refractivity (Wildman–Crippen MR) is 93.2 cm³/mol. The van der Waals surface area contributed by atoms with Crippen LogP contribution < -0.4 is 5.32 Å². The van der Waals surface area contributed by atoms with Gasteiger partial charge in [0.25, 0.3) is 0 Å². The molecule has 1 unspecified atom stereocenters. The van der Waals surface area contributed by atoms with Crippen molar-refractivity contribution in [3.8, 4) is 0 Å². The highest BCUT2D eigenvalue weighted by molar-refractivity contribution is 5.74. The fourth-order valence-electron chi connectivity index (χ4n) is 3.72. The van der Waals surface area contributed by atoms with Crippen LogP contribution in [0.4, 0.5) is 9.18 Å². The average molecular weight is 333 g/mol. The number of likely N-dealkylation sites (tertiary alicyclic amines) is 2. The van der Waals surface area contributed by atoms with Gasteiger partial charge < -0.3 is 10.2 Å². The Kier molecular flexibility index (Phi) is 5.72. The number of rotatable bonds is 3. The Balaban J connectivity index is 1.41. The zero-order valence-corrected chi connectivity index (χ0v) is 14.5. The highest BCUT2D eigenvalue weighted by atomic mass is 19.1. The summed E-state index contributed by atoms with van der Waals surface area (Å²) in [7, 11) is 0. The number of halogens is 1. The number of piperidine rings is 2. The molecule has 0 bridgehead atoms. The highest BCUT2D eigenvalue weighted by Crippen LogP contribution is 2.17. The van der Waals surface area contributed by atoms with Crippen LogP contribution in [-0.4, -0.2) is 48.1 Å². The van der Waals surface area contributed by atoms with Crippen molar-refractivity contribution in [3.63, 3.8) is 0 Å². The number of carbonyl (C=O) groups excluding carboxylic acids is 1. The molecule has 132 valence electrons. The summed E-state index contributed by atoms with van der Waals surface area (Å²) in [6.07, 6.45) is 4.31. The normalized spacial score (nSPS) is 23.2. The van der Waals surface area contributed by atoms with Crippen molar-refractivity contribution in [1.82, 2.24) is 15.1 Å². The van der Waals surface area contributed by atoms with E-state index >= 15 is 0 Å². The van der Waals surface area contributed by atoms with Gasteiger partial charge in [-0.2, -0.15) is 0 Å². The minimum absolute atomic E-state index is 0.110. The number of carbonyl (C=O) groups is 1. The molecule has 1 atom stereocenters. The topological polar surface area (TPSA) is 35.6 Å². The first kappa shape index (κ1) is 17.2. The first-order valence-corrected chi connectivity index (χ1v) is 9.12. The van der Waals surface area contributed by atoms with Crippen LogP contribution in [0.2, 0.25) is 0 Å². The number of benzene rings is 1. The molecule has 3 rings (SSSR count). The Morgan fingerprint density at radius 3 is 2.54 bits per heavy atom. The van der Waals surface area contributed by atoms with Gasteiger partial charge in [0.2, 0.25) is 0 Å². The lowest BCUT2D eigenvalue weighted by Gasteiger charge is -2.35. The summed E-state index contributed by atoms with van der Waals surface area (Å²) in [4.78, 5) is 16.7. The molecule has 0 saturated carbocycles. The van der Waals surface area contributed by atoms with Gasteiger partial charge in [0.05, 0.1) is 0 Å². The van der Waals surface area contributed by atoms with Crippen LogP contribution in [0.1, 0.15) is 38.2 Å². The van der Waals surface area contributed by atoms with Gasteiger partial charge in [0, 0.05) is 38.8 Å². The van der Waals surface area contributed by atoms with Crippen LogP contribution in [-0.2, 0) is 6.54 Å². The second-order valence-electron chi connectivity index (χ2n) is 7.32. The summed E-state index contributed by atoms with van der Waals surface area (Å²) < 4.78 is 13.0. The van der Waals surface area contributed by atoms with E-state index in [1.165, 1.54) is 18.6 Å². The lowest BCUT2D eigenvalue weighted by Crippen LogP contribution is -2.51. The SMILES string of the molecule is CC1CCCN(C(=O)NC2CCN(Cc3ccc(F)cc3)CC2)C1. The lowest BCUT2D eigenvalue weighted by molar-refractivity contribution is 0.152. The molecule has 5 heteroatoms. The minimum atomic E-state index is -0.188. The Morgan fingerprint density at radius 2 is 1.88 bits per heavy atom. The molecule has 2 aliphatic rings. The largest absolute Gasteiger partial charge is 0.335 e. The van der Waals surface area contributed by atoms with E-state index < -0.39 is 0 Å². The van der Waals surface area contributed by atoms with E-state index in [9.17, 15) is 9.18 Å². The van der Waals surface area contributed by atoms with Gasteiger partial charge >= 0.3 is 6.03 Å². The predicted octanol–water partition coefficient (Wildman–Crippen LogP) is 3.23. The Labute approximate surface area is 144 Å². The van der Waals surface area contributed by atoms with E-state index in [1.54, 1.807) is 0 Å². The molecule has 2 amide bonds. The van der Waals surface area contributed by atoms with Crippen LogP contribution in [0, 0.1) is 11.7 Å². The van der Waals surface area contributed by atoms with Crippen molar-refractivity contribution in [3.05, 3.63) is 35.6 Å². The van der Waals surface area contributed by atoms with Gasteiger partial charge in [-0.3, -0.25) is 4.90 Å². The van der Waals surface area contributed by atoms with Gasteiger partial charge in [-0.15, -0.1) is 0 Å². The molecule has 2 fully saturated rings. The van der Waals surface area contributed by atoms with E-state index in [1.807, 2.05) is 17.0 Å². The zero-order chi connectivity index (χ0) is 16.9. The smallest absolute Gasteiger partial charge is 0.317 e. The van der Waals surface area contributed by atoms with Crippen molar-refractivity contribution < 1.29 is 9.18 Å². The monoisotopic (exact) mass is 333 g/mol. The van der Waals surface area contributed by atoms with Crippen molar-refractivity contribution in [2.45, 2.75) is 45.2 Å². The van der Waals surface area contributed by atoms with Crippen molar-refractivity contribution in [2.75, 3.05) is 26.2 Å². The van der Waals surface area contributed by atoms with Crippen LogP contribution in [0.3, 0.4) is 0 Å². The number of amides is 2. The molecule has 2 heterocycles. The van der Waals surface area contributed by atoms with Gasteiger partial charge in [0.1, 0.15) is 5.82 Å². The number of hydrogen-bond donors (Lipinski definition) is 1. The maximum atomic E-state index is 13.0. The zero-order valence-electron chi connectivity index (χ0n) is 14.5. The van der Waals surface area contributed by atoms with Crippen molar-refractivity contribution in [2.24, 2.45) is 5.92 Å². The van der Waals surface area contributed by atoms with E-state index in [-0.39, 0.29) is 17.9 Å². The van der Waals surface area contributed by atoms with Crippen LogP contribution >= 0.6 is 0 Å². The fourth-order valence-corrected chi connectivity index (χ4v) is 3.72. The molecule has 1 aromatic carbocycles. The number of urea groups is 1.